The number of aromatic nitrogens is 1. The molecular weight excluding hydrogens is 560 g/mol. The first-order valence-corrected chi connectivity index (χ1v) is 16.4. The third-order valence-corrected chi connectivity index (χ3v) is 9.39. The molecule has 1 aromatic heterocycles. The number of likely N-dealkylation sites (tertiary alicyclic amines) is 1. The minimum Gasteiger partial charge on any atom is -0.478 e. The summed E-state index contributed by atoms with van der Waals surface area (Å²) in [7, 11) is -1.01. The molecule has 2 fully saturated rings. The van der Waals surface area contributed by atoms with E-state index in [2.05, 4.69) is 64.8 Å². The molecule has 2 aliphatic carbocycles. The van der Waals surface area contributed by atoms with Crippen molar-refractivity contribution in [2.45, 2.75) is 82.5 Å². The summed E-state index contributed by atoms with van der Waals surface area (Å²) < 4.78 is 28.1. The maximum Gasteiger partial charge on any atom is 0.328 e. The van der Waals surface area contributed by atoms with Crippen LogP contribution in [0.4, 0.5) is 0 Å². The van der Waals surface area contributed by atoms with Crippen LogP contribution in [0.2, 0.25) is 0 Å². The SMILES string of the molecule is CC(C)n1cc2c3c(cccc31)[C@H]1C[C@@H](C(=O)NC3CCC(NS(C)(=O)=O)CC3)CN(C)[C@@H]1C2.O=C(O)/C=C\C(=O)O. The van der Waals surface area contributed by atoms with Gasteiger partial charge in [0.15, 0.2) is 0 Å². The van der Waals surface area contributed by atoms with E-state index in [9.17, 15) is 22.8 Å². The lowest BCUT2D eigenvalue weighted by Gasteiger charge is -2.45. The van der Waals surface area contributed by atoms with Crippen LogP contribution in [0, 0.1) is 5.92 Å². The monoisotopic (exact) mass is 602 g/mol. The molecule has 3 aliphatic rings. The number of nitrogens with one attached hydrogen (secondary N) is 2. The number of hydrogen-bond acceptors (Lipinski definition) is 6. The van der Waals surface area contributed by atoms with E-state index in [1.807, 2.05) is 0 Å². The molecule has 3 atom stereocenters. The predicted molar refractivity (Wildman–Crippen MR) is 160 cm³/mol. The summed E-state index contributed by atoms with van der Waals surface area (Å²) >= 11 is 0. The number of carbonyl (C=O) groups excluding carboxylic acids is 1. The zero-order chi connectivity index (χ0) is 30.8. The molecule has 1 amide bonds. The van der Waals surface area contributed by atoms with Gasteiger partial charge in [-0.3, -0.25) is 4.79 Å². The molecule has 0 spiro atoms. The van der Waals surface area contributed by atoms with E-state index in [1.54, 1.807) is 0 Å². The van der Waals surface area contributed by atoms with Gasteiger partial charge in [0, 0.05) is 65.9 Å². The molecule has 1 aliphatic heterocycles. The molecule has 0 bridgehead atoms. The van der Waals surface area contributed by atoms with Crippen molar-refractivity contribution in [2.75, 3.05) is 19.8 Å². The number of fused-ring (bicyclic) bond motifs is 2. The van der Waals surface area contributed by atoms with Crippen LogP contribution in [0.3, 0.4) is 0 Å². The topological polar surface area (TPSA) is 158 Å². The average Bonchev–Trinajstić information content (AvgIpc) is 3.29. The highest BCUT2D eigenvalue weighted by molar-refractivity contribution is 7.88. The molecule has 2 heterocycles. The lowest BCUT2D eigenvalue weighted by Crippen LogP contribution is -2.53. The van der Waals surface area contributed by atoms with Gasteiger partial charge in [0.05, 0.1) is 12.2 Å². The number of benzene rings is 1. The molecular formula is C30H42N4O7S. The number of piperidine rings is 1. The maximum atomic E-state index is 13.3. The zero-order valence-electron chi connectivity index (χ0n) is 24.6. The zero-order valence-corrected chi connectivity index (χ0v) is 25.4. The average molecular weight is 603 g/mol. The summed E-state index contributed by atoms with van der Waals surface area (Å²) in [5.41, 5.74) is 4.16. The number of sulfonamides is 1. The van der Waals surface area contributed by atoms with Crippen LogP contribution in [0.25, 0.3) is 10.9 Å². The maximum absolute atomic E-state index is 13.3. The highest BCUT2D eigenvalue weighted by Crippen LogP contribution is 2.45. The first-order valence-electron chi connectivity index (χ1n) is 14.5. The Hall–Kier alpha value is -3.22. The quantitative estimate of drug-likeness (QED) is 0.352. The molecule has 1 aromatic carbocycles. The van der Waals surface area contributed by atoms with Gasteiger partial charge in [0.1, 0.15) is 0 Å². The third kappa shape index (κ3) is 7.59. The first-order chi connectivity index (χ1) is 19.7. The summed E-state index contributed by atoms with van der Waals surface area (Å²) in [4.78, 5) is 34.8. The molecule has 11 nitrogen and oxygen atoms in total. The van der Waals surface area contributed by atoms with Crippen LogP contribution in [0.15, 0.2) is 36.5 Å². The van der Waals surface area contributed by atoms with Crippen LogP contribution >= 0.6 is 0 Å². The Labute approximate surface area is 247 Å². The van der Waals surface area contributed by atoms with Gasteiger partial charge in [0.25, 0.3) is 0 Å². The third-order valence-electron chi connectivity index (χ3n) is 8.62. The molecule has 42 heavy (non-hydrogen) atoms. The number of nitrogens with zero attached hydrogens (tertiary/aromatic N) is 2. The molecule has 2 aromatic rings. The second kappa shape index (κ2) is 13.0. The Morgan fingerprint density at radius 1 is 1.02 bits per heavy atom. The Bertz CT molecular complexity index is 1440. The highest BCUT2D eigenvalue weighted by Gasteiger charge is 2.42. The van der Waals surface area contributed by atoms with Crippen molar-refractivity contribution in [3.63, 3.8) is 0 Å². The highest BCUT2D eigenvalue weighted by atomic mass is 32.2. The van der Waals surface area contributed by atoms with Gasteiger partial charge in [-0.15, -0.1) is 0 Å². The second-order valence-electron chi connectivity index (χ2n) is 12.1. The Morgan fingerprint density at radius 2 is 1.64 bits per heavy atom. The number of aliphatic carboxylic acids is 2. The van der Waals surface area contributed by atoms with Crippen molar-refractivity contribution in [1.29, 1.82) is 0 Å². The molecule has 230 valence electrons. The van der Waals surface area contributed by atoms with E-state index in [4.69, 9.17) is 10.2 Å². The second-order valence-corrected chi connectivity index (χ2v) is 13.9. The van der Waals surface area contributed by atoms with Crippen molar-refractivity contribution in [1.82, 2.24) is 19.5 Å². The van der Waals surface area contributed by atoms with E-state index < -0.39 is 22.0 Å². The number of carboxylic acids is 2. The molecule has 1 saturated carbocycles. The first kappa shape index (κ1) is 31.7. The largest absolute Gasteiger partial charge is 0.478 e. The Morgan fingerprint density at radius 3 is 2.21 bits per heavy atom. The van der Waals surface area contributed by atoms with Gasteiger partial charge in [0.2, 0.25) is 15.9 Å². The van der Waals surface area contributed by atoms with E-state index in [0.717, 1.165) is 45.1 Å². The molecule has 0 radical (unpaired) electrons. The molecule has 1 saturated heterocycles. The molecule has 4 N–H and O–H groups in total. The molecule has 5 rings (SSSR count). The summed E-state index contributed by atoms with van der Waals surface area (Å²) in [6.07, 6.45) is 9.77. The normalized spacial score (nSPS) is 26.0. The lowest BCUT2D eigenvalue weighted by molar-refractivity contribution is -0.134. The lowest BCUT2D eigenvalue weighted by atomic mass is 9.72. The number of carbonyl (C=O) groups is 3. The van der Waals surface area contributed by atoms with Gasteiger partial charge in [-0.25, -0.2) is 22.7 Å². The van der Waals surface area contributed by atoms with Crippen LogP contribution in [0.5, 0.6) is 0 Å². The van der Waals surface area contributed by atoms with Crippen molar-refractivity contribution < 1.29 is 33.0 Å². The predicted octanol–water partition coefficient (Wildman–Crippen LogP) is 2.87. The Balaban J connectivity index is 0.000000446. The summed E-state index contributed by atoms with van der Waals surface area (Å²) in [6, 6.07) is 7.66. The number of likely N-dealkylation sites (N-methyl/N-ethyl adjacent to an activating group) is 1. The molecule has 12 heteroatoms. The fourth-order valence-corrected chi connectivity index (χ4v) is 7.65. The minimum atomic E-state index is -3.18. The standard InChI is InChI=1S/C26H38N4O3S.C4H4O4/c1-16(2)30-15-17-13-24-22(21-6-5-7-23(30)25(17)21)12-18(14-29(24)3)26(31)27-19-8-10-20(11-9-19)28-34(4,32)33;5-3(6)1-2-4(7)8/h5-7,15-16,18-20,22,24,28H,8-14H2,1-4H3,(H,27,31);1-2H,(H,5,6)(H,7,8)/b;2-1-/t18-,19?,20?,22-,24-;/m1./s1. The Kier molecular flexibility index (Phi) is 9.79. The van der Waals surface area contributed by atoms with E-state index in [-0.39, 0.29) is 23.9 Å². The van der Waals surface area contributed by atoms with Crippen LogP contribution in [-0.2, 0) is 30.8 Å². The van der Waals surface area contributed by atoms with E-state index in [1.165, 1.54) is 28.3 Å². The van der Waals surface area contributed by atoms with Gasteiger partial charge >= 0.3 is 11.9 Å². The fourth-order valence-electron chi connectivity index (χ4n) is 6.81. The number of amides is 1. The smallest absolute Gasteiger partial charge is 0.328 e. The van der Waals surface area contributed by atoms with Gasteiger partial charge in [-0.1, -0.05) is 12.1 Å². The van der Waals surface area contributed by atoms with Crippen LogP contribution in [-0.4, -0.2) is 83.9 Å². The van der Waals surface area contributed by atoms with Gasteiger partial charge < -0.3 is 25.0 Å². The molecule has 0 unspecified atom stereocenters. The van der Waals surface area contributed by atoms with E-state index in [0.29, 0.717) is 30.2 Å². The van der Waals surface area contributed by atoms with Crippen molar-refractivity contribution >= 4 is 38.8 Å². The van der Waals surface area contributed by atoms with Crippen LogP contribution in [0.1, 0.15) is 69.0 Å². The minimum absolute atomic E-state index is 0.0141. The summed E-state index contributed by atoms with van der Waals surface area (Å²) in [5.74, 6) is -2.02. The van der Waals surface area contributed by atoms with Gasteiger partial charge in [-0.2, -0.15) is 0 Å². The summed E-state index contributed by atoms with van der Waals surface area (Å²) in [6.45, 7) is 5.25. The summed E-state index contributed by atoms with van der Waals surface area (Å²) in [5, 5.41) is 20.3. The number of rotatable bonds is 7. The number of carboxylic acid groups (broad SMARTS) is 2. The van der Waals surface area contributed by atoms with Crippen molar-refractivity contribution in [3.05, 3.63) is 47.7 Å². The van der Waals surface area contributed by atoms with Gasteiger partial charge in [-0.05, 0) is 76.6 Å². The van der Waals surface area contributed by atoms with Crippen molar-refractivity contribution in [2.24, 2.45) is 5.92 Å². The fraction of sp³-hybridized carbons (Fsp3) is 0.567. The van der Waals surface area contributed by atoms with Crippen molar-refractivity contribution in [3.8, 4) is 0 Å². The number of hydrogen-bond donors (Lipinski definition) is 4. The van der Waals surface area contributed by atoms with Crippen LogP contribution < -0.4 is 10.0 Å². The van der Waals surface area contributed by atoms with E-state index >= 15 is 0 Å².